The molecule has 4 aromatic rings. The second kappa shape index (κ2) is 7.64. The Morgan fingerprint density at radius 1 is 1.18 bits per heavy atom. The summed E-state index contributed by atoms with van der Waals surface area (Å²) < 4.78 is 9.86. The van der Waals surface area contributed by atoms with Gasteiger partial charge >= 0.3 is 0 Å². The molecular weight excluding hydrogens is 374 g/mol. The van der Waals surface area contributed by atoms with Crippen LogP contribution in [0.5, 0.6) is 5.75 Å². The predicted molar refractivity (Wildman–Crippen MR) is 110 cm³/mol. The summed E-state index contributed by atoms with van der Waals surface area (Å²) >= 11 is 6.23. The van der Waals surface area contributed by atoms with Gasteiger partial charge in [-0.05, 0) is 37.1 Å². The second-order valence-electron chi connectivity index (χ2n) is 7.25. The second-order valence-corrected chi connectivity index (χ2v) is 7.69. The molecule has 0 aliphatic rings. The van der Waals surface area contributed by atoms with Gasteiger partial charge < -0.3 is 9.14 Å². The molecule has 6 nitrogen and oxygen atoms in total. The number of hydrogen-bond acceptors (Lipinski definition) is 4. The SMILES string of the molecule is Cc1cc(-c2cn3ccncc3n2)nn1Cc1cc(Cl)ccc1OCC(C)C. The maximum Gasteiger partial charge on any atom is 0.156 e. The lowest BCUT2D eigenvalue weighted by molar-refractivity contribution is 0.268. The Morgan fingerprint density at radius 2 is 2.04 bits per heavy atom. The number of fused-ring (bicyclic) bond motifs is 1. The molecule has 28 heavy (non-hydrogen) atoms. The monoisotopic (exact) mass is 395 g/mol. The first-order valence-electron chi connectivity index (χ1n) is 9.24. The van der Waals surface area contributed by atoms with Crippen molar-refractivity contribution in [2.45, 2.75) is 27.3 Å². The summed E-state index contributed by atoms with van der Waals surface area (Å²) in [5.41, 5.74) is 4.49. The zero-order valence-electron chi connectivity index (χ0n) is 16.1. The van der Waals surface area contributed by atoms with E-state index in [0.717, 1.165) is 34.0 Å². The van der Waals surface area contributed by atoms with Crippen molar-refractivity contribution in [3.05, 3.63) is 65.3 Å². The van der Waals surface area contributed by atoms with Crippen LogP contribution < -0.4 is 4.74 Å². The van der Waals surface area contributed by atoms with Crippen molar-refractivity contribution < 1.29 is 4.74 Å². The van der Waals surface area contributed by atoms with Crippen LogP contribution in [0.3, 0.4) is 0 Å². The third-order valence-electron chi connectivity index (χ3n) is 4.42. The molecule has 7 heteroatoms. The van der Waals surface area contributed by atoms with Crippen LogP contribution in [0.4, 0.5) is 0 Å². The number of aryl methyl sites for hydroxylation is 1. The number of rotatable bonds is 6. The maximum atomic E-state index is 6.23. The van der Waals surface area contributed by atoms with E-state index in [1.54, 1.807) is 12.4 Å². The Kier molecular flexibility index (Phi) is 5.05. The van der Waals surface area contributed by atoms with Crippen LogP contribution in [0.15, 0.2) is 49.1 Å². The van der Waals surface area contributed by atoms with Crippen LogP contribution in [-0.2, 0) is 6.54 Å². The van der Waals surface area contributed by atoms with Crippen LogP contribution in [0.1, 0.15) is 25.1 Å². The first kappa shape index (κ1) is 18.5. The minimum absolute atomic E-state index is 0.450. The van der Waals surface area contributed by atoms with E-state index in [4.69, 9.17) is 21.4 Å². The molecule has 0 aliphatic heterocycles. The quantitative estimate of drug-likeness (QED) is 0.477. The van der Waals surface area contributed by atoms with Crippen molar-refractivity contribution in [3.63, 3.8) is 0 Å². The molecule has 144 valence electrons. The lowest BCUT2D eigenvalue weighted by Gasteiger charge is -2.14. The molecular formula is C21H22ClN5O. The average Bonchev–Trinajstić information content (AvgIpc) is 3.24. The molecule has 0 fully saturated rings. The Labute approximate surface area is 168 Å². The van der Waals surface area contributed by atoms with E-state index in [0.29, 0.717) is 24.1 Å². The molecule has 0 N–H and O–H groups in total. The number of ether oxygens (including phenoxy) is 1. The molecule has 4 rings (SSSR count). The smallest absolute Gasteiger partial charge is 0.156 e. The molecule has 3 heterocycles. The molecule has 0 saturated heterocycles. The molecule has 0 amide bonds. The summed E-state index contributed by atoms with van der Waals surface area (Å²) in [6, 6.07) is 7.75. The van der Waals surface area contributed by atoms with Gasteiger partial charge in [0.05, 0.1) is 19.3 Å². The van der Waals surface area contributed by atoms with Gasteiger partial charge in [0.1, 0.15) is 17.1 Å². The van der Waals surface area contributed by atoms with E-state index in [2.05, 4.69) is 23.8 Å². The van der Waals surface area contributed by atoms with Gasteiger partial charge in [-0.15, -0.1) is 0 Å². The molecule has 3 aromatic heterocycles. The van der Waals surface area contributed by atoms with Gasteiger partial charge in [-0.2, -0.15) is 5.10 Å². The number of nitrogens with zero attached hydrogens (tertiary/aromatic N) is 5. The highest BCUT2D eigenvalue weighted by Gasteiger charge is 2.13. The molecule has 0 unspecified atom stereocenters. The highest BCUT2D eigenvalue weighted by molar-refractivity contribution is 6.30. The summed E-state index contributed by atoms with van der Waals surface area (Å²) in [6.45, 7) is 7.53. The van der Waals surface area contributed by atoms with Gasteiger partial charge in [0.25, 0.3) is 0 Å². The Hall–Kier alpha value is -2.86. The van der Waals surface area contributed by atoms with Crippen LogP contribution in [0.25, 0.3) is 17.0 Å². The Balaban J connectivity index is 1.63. The van der Waals surface area contributed by atoms with E-state index in [1.807, 2.05) is 52.7 Å². The third-order valence-corrected chi connectivity index (χ3v) is 4.66. The highest BCUT2D eigenvalue weighted by Crippen LogP contribution is 2.26. The number of aromatic nitrogens is 5. The highest BCUT2D eigenvalue weighted by atomic mass is 35.5. The molecule has 0 spiro atoms. The van der Waals surface area contributed by atoms with Crippen LogP contribution >= 0.6 is 11.6 Å². The first-order chi connectivity index (χ1) is 13.5. The molecule has 0 atom stereocenters. The van der Waals surface area contributed by atoms with E-state index < -0.39 is 0 Å². The summed E-state index contributed by atoms with van der Waals surface area (Å²) in [5.74, 6) is 1.29. The van der Waals surface area contributed by atoms with E-state index in [9.17, 15) is 0 Å². The van der Waals surface area contributed by atoms with E-state index >= 15 is 0 Å². The van der Waals surface area contributed by atoms with Crippen molar-refractivity contribution >= 4 is 17.2 Å². The minimum Gasteiger partial charge on any atom is -0.493 e. The van der Waals surface area contributed by atoms with Crippen LogP contribution in [-0.4, -0.2) is 30.8 Å². The van der Waals surface area contributed by atoms with Crippen molar-refractivity contribution in [2.75, 3.05) is 6.61 Å². The van der Waals surface area contributed by atoms with Gasteiger partial charge in [-0.1, -0.05) is 25.4 Å². The summed E-state index contributed by atoms with van der Waals surface area (Å²) in [4.78, 5) is 8.71. The first-order valence-corrected chi connectivity index (χ1v) is 9.62. The van der Waals surface area contributed by atoms with E-state index in [1.165, 1.54) is 0 Å². The average molecular weight is 396 g/mol. The lowest BCUT2D eigenvalue weighted by Crippen LogP contribution is -2.09. The number of imidazole rings is 1. The largest absolute Gasteiger partial charge is 0.493 e. The topological polar surface area (TPSA) is 57.2 Å². The summed E-state index contributed by atoms with van der Waals surface area (Å²) in [7, 11) is 0. The third kappa shape index (κ3) is 3.87. The number of halogens is 1. The van der Waals surface area contributed by atoms with Gasteiger partial charge in [0, 0.05) is 34.9 Å². The van der Waals surface area contributed by atoms with Crippen molar-refractivity contribution in [3.8, 4) is 17.1 Å². The lowest BCUT2D eigenvalue weighted by atomic mass is 10.2. The Morgan fingerprint density at radius 3 is 2.82 bits per heavy atom. The summed E-state index contributed by atoms with van der Waals surface area (Å²) in [6.07, 6.45) is 7.30. The minimum atomic E-state index is 0.450. The summed E-state index contributed by atoms with van der Waals surface area (Å²) in [5, 5.41) is 5.44. The maximum absolute atomic E-state index is 6.23. The number of benzene rings is 1. The molecule has 0 aliphatic carbocycles. The number of hydrogen-bond donors (Lipinski definition) is 0. The zero-order chi connectivity index (χ0) is 19.7. The van der Waals surface area contributed by atoms with Gasteiger partial charge in [-0.3, -0.25) is 9.67 Å². The van der Waals surface area contributed by atoms with Crippen molar-refractivity contribution in [2.24, 2.45) is 5.92 Å². The molecule has 0 saturated carbocycles. The van der Waals surface area contributed by atoms with Crippen molar-refractivity contribution in [1.82, 2.24) is 24.1 Å². The van der Waals surface area contributed by atoms with Crippen LogP contribution in [0.2, 0.25) is 5.02 Å². The Bertz CT molecular complexity index is 1080. The fourth-order valence-electron chi connectivity index (χ4n) is 2.99. The van der Waals surface area contributed by atoms with Gasteiger partial charge in [-0.25, -0.2) is 4.98 Å². The normalized spacial score (nSPS) is 11.5. The molecule has 0 radical (unpaired) electrons. The van der Waals surface area contributed by atoms with Gasteiger partial charge in [0.15, 0.2) is 5.65 Å². The predicted octanol–water partition coefficient (Wildman–Crippen LogP) is 4.64. The fraction of sp³-hybridized carbons (Fsp3) is 0.286. The molecule has 0 bridgehead atoms. The van der Waals surface area contributed by atoms with Crippen LogP contribution in [0, 0.1) is 12.8 Å². The van der Waals surface area contributed by atoms with E-state index in [-0.39, 0.29) is 0 Å². The van der Waals surface area contributed by atoms with Crippen molar-refractivity contribution in [1.29, 1.82) is 0 Å². The zero-order valence-corrected chi connectivity index (χ0v) is 16.9. The standard InChI is InChI=1S/C21H22ClN5O/c1-14(2)13-28-20-5-4-17(22)9-16(20)11-27-15(3)8-18(25-27)19-12-26-7-6-23-10-21(26)24-19/h4-10,12,14H,11,13H2,1-3H3. The molecule has 1 aromatic carbocycles. The van der Waals surface area contributed by atoms with Gasteiger partial charge in [0.2, 0.25) is 0 Å². The fourth-order valence-corrected chi connectivity index (χ4v) is 3.19.